The van der Waals surface area contributed by atoms with Gasteiger partial charge in [-0.25, -0.2) is 4.39 Å². The van der Waals surface area contributed by atoms with Crippen molar-refractivity contribution in [3.8, 4) is 5.75 Å². The lowest BCUT2D eigenvalue weighted by Crippen LogP contribution is -2.25. The van der Waals surface area contributed by atoms with E-state index in [0.717, 1.165) is 16.9 Å². The number of fused-ring (bicyclic) bond motifs is 1. The normalized spacial score (nSPS) is 13.2. The minimum absolute atomic E-state index is 0. The summed E-state index contributed by atoms with van der Waals surface area (Å²) in [4.78, 5) is 12.2. The maximum Gasteiger partial charge on any atom is 0.387 e. The summed E-state index contributed by atoms with van der Waals surface area (Å²) in [5, 5.41) is 7.02. The van der Waals surface area contributed by atoms with Crippen molar-refractivity contribution in [2.75, 3.05) is 11.9 Å². The molecule has 0 spiro atoms. The Bertz CT molecular complexity index is 740. The number of rotatable bonds is 4. The van der Waals surface area contributed by atoms with Crippen molar-refractivity contribution in [3.05, 3.63) is 45.4 Å². The summed E-state index contributed by atoms with van der Waals surface area (Å²) in [6.07, 6.45) is 0.531. The van der Waals surface area contributed by atoms with Crippen molar-refractivity contribution in [3.63, 3.8) is 0 Å². The van der Waals surface area contributed by atoms with Gasteiger partial charge in [-0.15, -0.1) is 23.7 Å². The first-order chi connectivity index (χ1) is 11.1. The molecule has 130 valence electrons. The topological polar surface area (TPSA) is 50.4 Å². The smallest absolute Gasteiger partial charge is 0.387 e. The van der Waals surface area contributed by atoms with Crippen molar-refractivity contribution in [2.45, 2.75) is 19.6 Å². The Kier molecular flexibility index (Phi) is 6.09. The van der Waals surface area contributed by atoms with Crippen LogP contribution in [-0.4, -0.2) is 19.1 Å². The SMILES string of the molecule is Cl.O=C(Nc1ccc2c(c1F)CCNC2)c1sccc1OC(F)F. The maximum atomic E-state index is 14.5. The third-order valence-electron chi connectivity index (χ3n) is 3.51. The molecular formula is C15H14ClF3N2O2S. The Hall–Kier alpha value is -1.77. The third-order valence-corrected chi connectivity index (χ3v) is 4.40. The van der Waals surface area contributed by atoms with Crippen LogP contribution in [0.2, 0.25) is 0 Å². The standard InChI is InChI=1S/C15H13F3N2O2S.ClH/c16-12-9-3-5-19-7-8(9)1-2-10(12)20-14(21)13-11(4-6-23-13)22-15(17)18;/h1-2,4,6,15,19H,3,5,7H2,(H,20,21);1H. The lowest BCUT2D eigenvalue weighted by Gasteiger charge is -2.19. The van der Waals surface area contributed by atoms with Crippen LogP contribution < -0.4 is 15.4 Å². The van der Waals surface area contributed by atoms with Crippen LogP contribution in [0.15, 0.2) is 23.6 Å². The van der Waals surface area contributed by atoms with Crippen molar-refractivity contribution in [2.24, 2.45) is 0 Å². The summed E-state index contributed by atoms with van der Waals surface area (Å²) in [6.45, 7) is -1.78. The number of carbonyl (C=O) groups is 1. The number of ether oxygens (including phenoxy) is 1. The average molecular weight is 379 g/mol. The fraction of sp³-hybridized carbons (Fsp3) is 0.267. The molecule has 2 aromatic rings. The molecular weight excluding hydrogens is 365 g/mol. The quantitative estimate of drug-likeness (QED) is 0.850. The molecule has 2 N–H and O–H groups in total. The van der Waals surface area contributed by atoms with Gasteiger partial charge in [0.15, 0.2) is 0 Å². The van der Waals surface area contributed by atoms with E-state index < -0.39 is 18.3 Å². The van der Waals surface area contributed by atoms with E-state index in [1.165, 1.54) is 17.5 Å². The number of hydrogen-bond donors (Lipinski definition) is 2. The monoisotopic (exact) mass is 378 g/mol. The van der Waals surface area contributed by atoms with Crippen LogP contribution >= 0.6 is 23.7 Å². The first-order valence-electron chi connectivity index (χ1n) is 6.91. The molecule has 1 aromatic carbocycles. The zero-order chi connectivity index (χ0) is 16.4. The van der Waals surface area contributed by atoms with Crippen molar-refractivity contribution in [1.29, 1.82) is 0 Å². The van der Waals surface area contributed by atoms with E-state index in [0.29, 0.717) is 25.1 Å². The predicted octanol–water partition coefficient (Wildman–Crippen LogP) is 3.81. The molecule has 2 heterocycles. The summed E-state index contributed by atoms with van der Waals surface area (Å²) in [5.41, 5.74) is 1.45. The second kappa shape index (κ2) is 7.87. The fourth-order valence-electron chi connectivity index (χ4n) is 2.46. The summed E-state index contributed by atoms with van der Waals surface area (Å²) in [7, 11) is 0. The average Bonchev–Trinajstić information content (AvgIpc) is 2.98. The van der Waals surface area contributed by atoms with Crippen LogP contribution in [0.3, 0.4) is 0 Å². The lowest BCUT2D eigenvalue weighted by atomic mass is 9.99. The summed E-state index contributed by atoms with van der Waals surface area (Å²) < 4.78 is 43.4. The van der Waals surface area contributed by atoms with Crippen molar-refractivity contribution >= 4 is 35.3 Å². The Labute approximate surface area is 146 Å². The molecule has 0 saturated carbocycles. The molecule has 1 aliphatic rings. The Morgan fingerprint density at radius 2 is 2.12 bits per heavy atom. The van der Waals surface area contributed by atoms with Crippen LogP contribution in [0.25, 0.3) is 0 Å². The third kappa shape index (κ3) is 3.82. The molecule has 3 rings (SSSR count). The fourth-order valence-corrected chi connectivity index (χ4v) is 3.18. The number of halogens is 4. The highest BCUT2D eigenvalue weighted by atomic mass is 35.5. The van der Waals surface area contributed by atoms with Gasteiger partial charge in [-0.1, -0.05) is 6.07 Å². The summed E-state index contributed by atoms with van der Waals surface area (Å²) >= 11 is 0.951. The number of alkyl halides is 2. The van der Waals surface area contributed by atoms with E-state index >= 15 is 0 Å². The molecule has 0 radical (unpaired) electrons. The van der Waals surface area contributed by atoms with Gasteiger partial charge in [0.05, 0.1) is 5.69 Å². The van der Waals surface area contributed by atoms with Crippen LogP contribution in [-0.2, 0) is 13.0 Å². The van der Waals surface area contributed by atoms with Gasteiger partial charge in [0, 0.05) is 6.54 Å². The van der Waals surface area contributed by atoms with Gasteiger partial charge in [0.1, 0.15) is 16.4 Å². The minimum atomic E-state index is -3.02. The number of nitrogens with one attached hydrogen (secondary N) is 2. The maximum absolute atomic E-state index is 14.5. The highest BCUT2D eigenvalue weighted by Gasteiger charge is 2.21. The van der Waals surface area contributed by atoms with E-state index in [2.05, 4.69) is 15.4 Å². The molecule has 1 aliphatic heterocycles. The predicted molar refractivity (Wildman–Crippen MR) is 88.0 cm³/mol. The zero-order valence-electron chi connectivity index (χ0n) is 12.3. The molecule has 0 atom stereocenters. The van der Waals surface area contributed by atoms with Gasteiger partial charge in [0.2, 0.25) is 0 Å². The number of anilines is 1. The second-order valence-electron chi connectivity index (χ2n) is 4.94. The number of carbonyl (C=O) groups excluding carboxylic acids is 1. The zero-order valence-corrected chi connectivity index (χ0v) is 13.9. The Morgan fingerprint density at radius 1 is 1.33 bits per heavy atom. The molecule has 24 heavy (non-hydrogen) atoms. The number of benzene rings is 1. The van der Waals surface area contributed by atoms with Crippen LogP contribution in [0.4, 0.5) is 18.9 Å². The molecule has 0 bridgehead atoms. The number of hydrogen-bond acceptors (Lipinski definition) is 4. The van der Waals surface area contributed by atoms with Crippen LogP contribution in [0.1, 0.15) is 20.8 Å². The van der Waals surface area contributed by atoms with E-state index in [1.807, 2.05) is 0 Å². The van der Waals surface area contributed by atoms with Gasteiger partial charge in [-0.05, 0) is 41.6 Å². The molecule has 1 aromatic heterocycles. The van der Waals surface area contributed by atoms with Gasteiger partial charge >= 0.3 is 6.61 Å². The Morgan fingerprint density at radius 3 is 2.88 bits per heavy atom. The highest BCUT2D eigenvalue weighted by Crippen LogP contribution is 2.29. The molecule has 1 amide bonds. The summed E-state index contributed by atoms with van der Waals surface area (Å²) in [5.74, 6) is -1.38. The van der Waals surface area contributed by atoms with E-state index in [1.54, 1.807) is 6.07 Å². The molecule has 0 fully saturated rings. The number of thiophene rings is 1. The van der Waals surface area contributed by atoms with Gasteiger partial charge in [-0.3, -0.25) is 4.79 Å². The molecule has 4 nitrogen and oxygen atoms in total. The second-order valence-corrected chi connectivity index (χ2v) is 5.85. The van der Waals surface area contributed by atoms with Crippen molar-refractivity contribution in [1.82, 2.24) is 5.32 Å². The van der Waals surface area contributed by atoms with E-state index in [4.69, 9.17) is 0 Å². The largest absolute Gasteiger partial charge is 0.433 e. The highest BCUT2D eigenvalue weighted by molar-refractivity contribution is 7.12. The van der Waals surface area contributed by atoms with E-state index in [-0.39, 0.29) is 28.7 Å². The molecule has 9 heteroatoms. The lowest BCUT2D eigenvalue weighted by molar-refractivity contribution is -0.0498. The molecule has 0 saturated heterocycles. The van der Waals surface area contributed by atoms with Gasteiger partial charge in [0.25, 0.3) is 5.91 Å². The Balaban J connectivity index is 0.00000208. The van der Waals surface area contributed by atoms with E-state index in [9.17, 15) is 18.0 Å². The first kappa shape index (κ1) is 18.6. The minimum Gasteiger partial charge on any atom is -0.433 e. The van der Waals surface area contributed by atoms with Crippen LogP contribution in [0, 0.1) is 5.82 Å². The summed E-state index contributed by atoms with van der Waals surface area (Å²) in [6, 6.07) is 4.49. The number of amides is 1. The van der Waals surface area contributed by atoms with Gasteiger partial charge in [-0.2, -0.15) is 8.78 Å². The van der Waals surface area contributed by atoms with Gasteiger partial charge < -0.3 is 15.4 Å². The molecule has 0 unspecified atom stereocenters. The van der Waals surface area contributed by atoms with Crippen molar-refractivity contribution < 1.29 is 22.7 Å². The molecule has 0 aliphatic carbocycles. The van der Waals surface area contributed by atoms with Crippen LogP contribution in [0.5, 0.6) is 5.75 Å². The first-order valence-corrected chi connectivity index (χ1v) is 7.79.